The van der Waals surface area contributed by atoms with E-state index in [1.807, 2.05) is 25.1 Å². The minimum absolute atomic E-state index is 0.252. The fourth-order valence-corrected chi connectivity index (χ4v) is 2.16. The monoisotopic (exact) mass is 281 g/mol. The Morgan fingerprint density at radius 3 is 2.55 bits per heavy atom. The average molecular weight is 281 g/mol. The quantitative estimate of drug-likeness (QED) is 0.769. The predicted octanol–water partition coefficient (Wildman–Crippen LogP) is 2.59. The van der Waals surface area contributed by atoms with Gasteiger partial charge < -0.3 is 19.9 Å². The standard InChI is InChI=1S/C16H27NO3/c1-6-12(2)16(3,18)11-17-10-13-8-7-9-14(19-4)15(13)20-5/h7-9,12,17-18H,6,10-11H2,1-5H3. The molecule has 0 spiro atoms. The molecule has 1 rings (SSSR count). The van der Waals surface area contributed by atoms with E-state index in [0.29, 0.717) is 13.1 Å². The zero-order valence-corrected chi connectivity index (χ0v) is 13.2. The van der Waals surface area contributed by atoms with Gasteiger partial charge in [0.05, 0.1) is 19.8 Å². The Labute approximate surface area is 122 Å². The van der Waals surface area contributed by atoms with E-state index in [1.54, 1.807) is 14.2 Å². The van der Waals surface area contributed by atoms with Gasteiger partial charge in [-0.25, -0.2) is 0 Å². The normalized spacial score (nSPS) is 15.5. The maximum absolute atomic E-state index is 10.4. The van der Waals surface area contributed by atoms with E-state index in [2.05, 4.69) is 19.2 Å². The summed E-state index contributed by atoms with van der Waals surface area (Å²) in [5, 5.41) is 13.7. The van der Waals surface area contributed by atoms with Crippen molar-refractivity contribution in [3.05, 3.63) is 23.8 Å². The van der Waals surface area contributed by atoms with Crippen LogP contribution in [0, 0.1) is 5.92 Å². The lowest BCUT2D eigenvalue weighted by molar-refractivity contribution is 0.00531. The van der Waals surface area contributed by atoms with Crippen LogP contribution in [0.15, 0.2) is 18.2 Å². The molecule has 0 bridgehead atoms. The van der Waals surface area contributed by atoms with Gasteiger partial charge in [0, 0.05) is 18.7 Å². The zero-order valence-electron chi connectivity index (χ0n) is 13.2. The molecule has 4 nitrogen and oxygen atoms in total. The summed E-state index contributed by atoms with van der Waals surface area (Å²) in [6.45, 7) is 7.20. The Kier molecular flexibility index (Phi) is 6.30. The van der Waals surface area contributed by atoms with Crippen LogP contribution >= 0.6 is 0 Å². The van der Waals surface area contributed by atoms with E-state index in [-0.39, 0.29) is 5.92 Å². The first-order chi connectivity index (χ1) is 9.46. The molecule has 0 fully saturated rings. The van der Waals surface area contributed by atoms with E-state index in [4.69, 9.17) is 9.47 Å². The van der Waals surface area contributed by atoms with Crippen molar-refractivity contribution >= 4 is 0 Å². The summed E-state index contributed by atoms with van der Waals surface area (Å²) in [7, 11) is 3.26. The molecule has 0 aliphatic heterocycles. The van der Waals surface area contributed by atoms with Crippen LogP contribution in [0.2, 0.25) is 0 Å². The van der Waals surface area contributed by atoms with Gasteiger partial charge in [0.2, 0.25) is 0 Å². The van der Waals surface area contributed by atoms with Crippen molar-refractivity contribution < 1.29 is 14.6 Å². The number of nitrogens with one attached hydrogen (secondary N) is 1. The maximum Gasteiger partial charge on any atom is 0.165 e. The highest BCUT2D eigenvalue weighted by atomic mass is 16.5. The molecule has 2 unspecified atom stereocenters. The molecular weight excluding hydrogens is 254 g/mol. The smallest absolute Gasteiger partial charge is 0.165 e. The molecule has 0 aliphatic carbocycles. The first-order valence-corrected chi connectivity index (χ1v) is 7.09. The molecule has 1 aromatic carbocycles. The Balaban J connectivity index is 2.67. The van der Waals surface area contributed by atoms with Crippen molar-refractivity contribution in [2.75, 3.05) is 20.8 Å². The van der Waals surface area contributed by atoms with E-state index in [1.165, 1.54) is 0 Å². The molecule has 0 amide bonds. The lowest BCUT2D eigenvalue weighted by Gasteiger charge is -2.30. The second-order valence-electron chi connectivity index (χ2n) is 5.42. The first-order valence-electron chi connectivity index (χ1n) is 7.09. The number of ether oxygens (including phenoxy) is 2. The minimum Gasteiger partial charge on any atom is -0.493 e. The van der Waals surface area contributed by atoms with Gasteiger partial charge >= 0.3 is 0 Å². The van der Waals surface area contributed by atoms with E-state index in [0.717, 1.165) is 23.5 Å². The van der Waals surface area contributed by atoms with Gasteiger partial charge in [-0.1, -0.05) is 32.4 Å². The molecule has 0 heterocycles. The zero-order chi connectivity index (χ0) is 15.2. The number of hydrogen-bond donors (Lipinski definition) is 2. The van der Waals surface area contributed by atoms with Crippen molar-refractivity contribution in [1.82, 2.24) is 5.32 Å². The second kappa shape index (κ2) is 7.50. The van der Waals surface area contributed by atoms with Crippen LogP contribution < -0.4 is 14.8 Å². The van der Waals surface area contributed by atoms with Crippen LogP contribution in [0.3, 0.4) is 0 Å². The Bertz CT molecular complexity index is 418. The summed E-state index contributed by atoms with van der Waals surface area (Å²) in [4.78, 5) is 0. The third-order valence-corrected chi connectivity index (χ3v) is 3.96. The molecule has 20 heavy (non-hydrogen) atoms. The van der Waals surface area contributed by atoms with Crippen molar-refractivity contribution in [3.8, 4) is 11.5 Å². The van der Waals surface area contributed by atoms with Gasteiger partial charge in [-0.3, -0.25) is 0 Å². The summed E-state index contributed by atoms with van der Waals surface area (Å²) >= 11 is 0. The number of methoxy groups -OCH3 is 2. The van der Waals surface area contributed by atoms with Gasteiger partial charge in [0.15, 0.2) is 11.5 Å². The molecule has 0 saturated carbocycles. The summed E-state index contributed by atoms with van der Waals surface area (Å²) in [5.41, 5.74) is 0.313. The fourth-order valence-electron chi connectivity index (χ4n) is 2.16. The van der Waals surface area contributed by atoms with Gasteiger partial charge in [-0.15, -0.1) is 0 Å². The van der Waals surface area contributed by atoms with Gasteiger partial charge in [0.25, 0.3) is 0 Å². The van der Waals surface area contributed by atoms with Crippen molar-refractivity contribution in [3.63, 3.8) is 0 Å². The predicted molar refractivity (Wildman–Crippen MR) is 81.3 cm³/mol. The SMILES string of the molecule is CCC(C)C(C)(O)CNCc1cccc(OC)c1OC. The van der Waals surface area contributed by atoms with Crippen LogP contribution in [0.4, 0.5) is 0 Å². The van der Waals surface area contributed by atoms with E-state index in [9.17, 15) is 5.11 Å². The number of benzene rings is 1. The summed E-state index contributed by atoms with van der Waals surface area (Å²) < 4.78 is 10.7. The lowest BCUT2D eigenvalue weighted by Crippen LogP contribution is -2.42. The highest BCUT2D eigenvalue weighted by Gasteiger charge is 2.26. The van der Waals surface area contributed by atoms with Gasteiger partial charge in [0.1, 0.15) is 0 Å². The maximum atomic E-state index is 10.4. The number of para-hydroxylation sites is 1. The summed E-state index contributed by atoms with van der Waals surface area (Å²) in [6.07, 6.45) is 0.956. The van der Waals surface area contributed by atoms with Crippen LogP contribution in [-0.2, 0) is 6.54 Å². The van der Waals surface area contributed by atoms with E-state index >= 15 is 0 Å². The summed E-state index contributed by atoms with van der Waals surface area (Å²) in [5.74, 6) is 1.72. The van der Waals surface area contributed by atoms with Crippen LogP contribution in [0.1, 0.15) is 32.8 Å². The highest BCUT2D eigenvalue weighted by molar-refractivity contribution is 5.46. The molecule has 0 aromatic heterocycles. The van der Waals surface area contributed by atoms with Gasteiger partial charge in [-0.05, 0) is 18.9 Å². The topological polar surface area (TPSA) is 50.7 Å². The fraction of sp³-hybridized carbons (Fsp3) is 0.625. The number of aliphatic hydroxyl groups is 1. The third-order valence-electron chi connectivity index (χ3n) is 3.96. The Hall–Kier alpha value is -1.26. The largest absolute Gasteiger partial charge is 0.493 e. The molecule has 2 atom stereocenters. The molecule has 1 aromatic rings. The molecule has 0 radical (unpaired) electrons. The Morgan fingerprint density at radius 1 is 1.30 bits per heavy atom. The van der Waals surface area contributed by atoms with Crippen LogP contribution in [0.5, 0.6) is 11.5 Å². The van der Waals surface area contributed by atoms with E-state index < -0.39 is 5.60 Å². The minimum atomic E-state index is -0.707. The van der Waals surface area contributed by atoms with Crippen LogP contribution in [-0.4, -0.2) is 31.5 Å². The lowest BCUT2D eigenvalue weighted by atomic mass is 9.88. The molecule has 0 aliphatic rings. The molecule has 0 saturated heterocycles. The van der Waals surface area contributed by atoms with Crippen molar-refractivity contribution in [2.45, 2.75) is 39.3 Å². The van der Waals surface area contributed by atoms with Gasteiger partial charge in [-0.2, -0.15) is 0 Å². The molecular formula is C16H27NO3. The number of hydrogen-bond acceptors (Lipinski definition) is 4. The highest BCUT2D eigenvalue weighted by Crippen LogP contribution is 2.30. The van der Waals surface area contributed by atoms with Crippen LogP contribution in [0.25, 0.3) is 0 Å². The third kappa shape index (κ3) is 4.12. The average Bonchev–Trinajstić information content (AvgIpc) is 2.45. The molecule has 2 N–H and O–H groups in total. The van der Waals surface area contributed by atoms with Crippen molar-refractivity contribution in [2.24, 2.45) is 5.92 Å². The second-order valence-corrected chi connectivity index (χ2v) is 5.42. The molecule has 4 heteroatoms. The molecule has 114 valence electrons. The number of rotatable bonds is 8. The Morgan fingerprint density at radius 2 is 2.00 bits per heavy atom. The summed E-state index contributed by atoms with van der Waals surface area (Å²) in [6, 6.07) is 5.80. The first kappa shape index (κ1) is 16.8. The van der Waals surface area contributed by atoms with Crippen molar-refractivity contribution in [1.29, 1.82) is 0 Å².